The second-order valence-electron chi connectivity index (χ2n) is 4.42. The zero-order valence-electron chi connectivity index (χ0n) is 10.6. The molecule has 0 saturated heterocycles. The Balaban J connectivity index is 2.27. The highest BCUT2D eigenvalue weighted by Crippen LogP contribution is 2.14. The first kappa shape index (κ1) is 13.2. The summed E-state index contributed by atoms with van der Waals surface area (Å²) < 4.78 is 5.00. The second kappa shape index (κ2) is 7.42. The van der Waals surface area contributed by atoms with Crippen molar-refractivity contribution in [3.05, 3.63) is 35.4 Å². The Labute approximate surface area is 99.0 Å². The van der Waals surface area contributed by atoms with Crippen LogP contribution in [0.5, 0.6) is 0 Å². The van der Waals surface area contributed by atoms with E-state index in [1.165, 1.54) is 11.1 Å². The van der Waals surface area contributed by atoms with Gasteiger partial charge in [-0.05, 0) is 30.0 Å². The highest BCUT2D eigenvalue weighted by molar-refractivity contribution is 5.24. The Hall–Kier alpha value is -0.860. The largest absolute Gasteiger partial charge is 0.385 e. The van der Waals surface area contributed by atoms with Crippen molar-refractivity contribution in [2.75, 3.05) is 20.3 Å². The van der Waals surface area contributed by atoms with Gasteiger partial charge in [-0.15, -0.1) is 0 Å². The molecule has 2 heteroatoms. The molecule has 0 aliphatic rings. The average Bonchev–Trinajstić information content (AvgIpc) is 2.29. The fourth-order valence-electron chi connectivity index (χ4n) is 1.59. The molecule has 1 aromatic carbocycles. The van der Waals surface area contributed by atoms with Crippen LogP contribution in [-0.2, 0) is 11.3 Å². The predicted octanol–water partition coefficient (Wildman–Crippen LogP) is 2.94. The monoisotopic (exact) mass is 221 g/mol. The number of benzene rings is 1. The van der Waals surface area contributed by atoms with E-state index in [9.17, 15) is 0 Å². The summed E-state index contributed by atoms with van der Waals surface area (Å²) in [5.41, 5.74) is 2.75. The maximum atomic E-state index is 5.00. The molecule has 0 atom stereocenters. The number of nitrogens with one attached hydrogen (secondary N) is 1. The lowest BCUT2D eigenvalue weighted by molar-refractivity contribution is 0.194. The van der Waals surface area contributed by atoms with E-state index in [2.05, 4.69) is 43.4 Å². The van der Waals surface area contributed by atoms with Crippen molar-refractivity contribution in [2.24, 2.45) is 0 Å². The van der Waals surface area contributed by atoms with E-state index in [-0.39, 0.29) is 0 Å². The van der Waals surface area contributed by atoms with Gasteiger partial charge >= 0.3 is 0 Å². The van der Waals surface area contributed by atoms with Gasteiger partial charge < -0.3 is 10.1 Å². The highest BCUT2D eigenvalue weighted by Gasteiger charge is 1.98. The van der Waals surface area contributed by atoms with Gasteiger partial charge in [-0.2, -0.15) is 0 Å². The van der Waals surface area contributed by atoms with Gasteiger partial charge in [0.15, 0.2) is 0 Å². The molecule has 0 aliphatic heterocycles. The lowest BCUT2D eigenvalue weighted by Gasteiger charge is -2.08. The van der Waals surface area contributed by atoms with Crippen LogP contribution >= 0.6 is 0 Å². The summed E-state index contributed by atoms with van der Waals surface area (Å²) in [4.78, 5) is 0. The van der Waals surface area contributed by atoms with E-state index in [0.717, 1.165) is 26.1 Å². The summed E-state index contributed by atoms with van der Waals surface area (Å²) >= 11 is 0. The summed E-state index contributed by atoms with van der Waals surface area (Å²) in [5, 5.41) is 3.41. The van der Waals surface area contributed by atoms with Gasteiger partial charge in [0.2, 0.25) is 0 Å². The Bertz CT molecular complexity index is 279. The van der Waals surface area contributed by atoms with Crippen LogP contribution in [0.2, 0.25) is 0 Å². The highest BCUT2D eigenvalue weighted by atomic mass is 16.5. The molecular weight excluding hydrogens is 198 g/mol. The summed E-state index contributed by atoms with van der Waals surface area (Å²) in [7, 11) is 1.74. The van der Waals surface area contributed by atoms with Crippen molar-refractivity contribution < 1.29 is 4.74 Å². The molecule has 1 rings (SSSR count). The van der Waals surface area contributed by atoms with Crippen molar-refractivity contribution in [2.45, 2.75) is 32.7 Å². The van der Waals surface area contributed by atoms with E-state index >= 15 is 0 Å². The maximum absolute atomic E-state index is 5.00. The Morgan fingerprint density at radius 1 is 1.19 bits per heavy atom. The standard InChI is InChI=1S/C14H23NO/c1-12(2)14-7-5-13(6-8-14)11-15-9-4-10-16-3/h5-8,12,15H,4,9-11H2,1-3H3. The fraction of sp³-hybridized carbons (Fsp3) is 0.571. The van der Waals surface area contributed by atoms with Crippen LogP contribution < -0.4 is 5.32 Å². The molecule has 0 saturated carbocycles. The Morgan fingerprint density at radius 2 is 1.88 bits per heavy atom. The molecule has 0 unspecified atom stereocenters. The molecular formula is C14H23NO. The number of methoxy groups -OCH3 is 1. The molecule has 2 nitrogen and oxygen atoms in total. The zero-order valence-corrected chi connectivity index (χ0v) is 10.6. The molecule has 1 aromatic rings. The quantitative estimate of drug-likeness (QED) is 0.715. The van der Waals surface area contributed by atoms with Crippen molar-refractivity contribution in [3.8, 4) is 0 Å². The van der Waals surface area contributed by atoms with Gasteiger partial charge in [-0.25, -0.2) is 0 Å². The van der Waals surface area contributed by atoms with Crippen molar-refractivity contribution in [1.82, 2.24) is 5.32 Å². The first-order chi connectivity index (χ1) is 7.74. The third-order valence-corrected chi connectivity index (χ3v) is 2.68. The minimum Gasteiger partial charge on any atom is -0.385 e. The molecule has 16 heavy (non-hydrogen) atoms. The van der Waals surface area contributed by atoms with Crippen LogP contribution in [-0.4, -0.2) is 20.3 Å². The third kappa shape index (κ3) is 4.77. The molecule has 0 fully saturated rings. The molecule has 0 heterocycles. The van der Waals surface area contributed by atoms with Gasteiger partial charge in [-0.1, -0.05) is 38.1 Å². The maximum Gasteiger partial charge on any atom is 0.0474 e. The first-order valence-electron chi connectivity index (χ1n) is 6.02. The minimum atomic E-state index is 0.615. The molecule has 0 aliphatic carbocycles. The van der Waals surface area contributed by atoms with E-state index in [0.29, 0.717) is 5.92 Å². The van der Waals surface area contributed by atoms with Crippen LogP contribution in [0, 0.1) is 0 Å². The number of rotatable bonds is 7. The summed E-state index contributed by atoms with van der Waals surface area (Å²) in [6, 6.07) is 8.85. The van der Waals surface area contributed by atoms with Gasteiger partial charge in [0.1, 0.15) is 0 Å². The predicted molar refractivity (Wildman–Crippen MR) is 68.7 cm³/mol. The van der Waals surface area contributed by atoms with Gasteiger partial charge in [-0.3, -0.25) is 0 Å². The van der Waals surface area contributed by atoms with Crippen LogP contribution in [0.15, 0.2) is 24.3 Å². The lowest BCUT2D eigenvalue weighted by atomic mass is 10.0. The van der Waals surface area contributed by atoms with Crippen molar-refractivity contribution >= 4 is 0 Å². The lowest BCUT2D eigenvalue weighted by Crippen LogP contribution is -2.16. The van der Waals surface area contributed by atoms with Gasteiger partial charge in [0, 0.05) is 20.3 Å². The molecule has 0 bridgehead atoms. The average molecular weight is 221 g/mol. The molecule has 0 aromatic heterocycles. The Morgan fingerprint density at radius 3 is 2.44 bits per heavy atom. The zero-order chi connectivity index (χ0) is 11.8. The first-order valence-corrected chi connectivity index (χ1v) is 6.02. The molecule has 0 spiro atoms. The van der Waals surface area contributed by atoms with Gasteiger partial charge in [0.25, 0.3) is 0 Å². The molecule has 1 N–H and O–H groups in total. The van der Waals surface area contributed by atoms with Gasteiger partial charge in [0.05, 0.1) is 0 Å². The second-order valence-corrected chi connectivity index (χ2v) is 4.42. The minimum absolute atomic E-state index is 0.615. The normalized spacial score (nSPS) is 11.0. The molecule has 0 amide bonds. The number of hydrogen-bond donors (Lipinski definition) is 1. The number of hydrogen-bond acceptors (Lipinski definition) is 2. The smallest absolute Gasteiger partial charge is 0.0474 e. The van der Waals surface area contributed by atoms with E-state index < -0.39 is 0 Å². The number of ether oxygens (including phenoxy) is 1. The van der Waals surface area contributed by atoms with E-state index in [4.69, 9.17) is 4.74 Å². The van der Waals surface area contributed by atoms with Crippen molar-refractivity contribution in [3.63, 3.8) is 0 Å². The van der Waals surface area contributed by atoms with E-state index in [1.54, 1.807) is 7.11 Å². The summed E-state index contributed by atoms with van der Waals surface area (Å²) in [6.45, 7) is 7.23. The van der Waals surface area contributed by atoms with Crippen LogP contribution in [0.25, 0.3) is 0 Å². The summed E-state index contributed by atoms with van der Waals surface area (Å²) in [5.74, 6) is 0.615. The Kier molecular flexibility index (Phi) is 6.12. The van der Waals surface area contributed by atoms with Crippen LogP contribution in [0.1, 0.15) is 37.3 Å². The fourth-order valence-corrected chi connectivity index (χ4v) is 1.59. The SMILES string of the molecule is COCCCNCc1ccc(C(C)C)cc1. The third-order valence-electron chi connectivity index (χ3n) is 2.68. The molecule has 0 radical (unpaired) electrons. The summed E-state index contributed by atoms with van der Waals surface area (Å²) in [6.07, 6.45) is 1.07. The van der Waals surface area contributed by atoms with Crippen molar-refractivity contribution in [1.29, 1.82) is 0 Å². The van der Waals surface area contributed by atoms with Crippen LogP contribution in [0.3, 0.4) is 0 Å². The molecule has 90 valence electrons. The van der Waals surface area contributed by atoms with Crippen LogP contribution in [0.4, 0.5) is 0 Å². The van der Waals surface area contributed by atoms with E-state index in [1.807, 2.05) is 0 Å². The topological polar surface area (TPSA) is 21.3 Å².